The molecule has 0 fully saturated rings. The number of amidine groups is 4. The Morgan fingerprint density at radius 2 is 0.653 bits per heavy atom. The van der Waals surface area contributed by atoms with Crippen LogP contribution in [0.3, 0.4) is 0 Å². The van der Waals surface area contributed by atoms with Gasteiger partial charge in [-0.3, -0.25) is 0 Å². The summed E-state index contributed by atoms with van der Waals surface area (Å²) in [6, 6.07) is 14.1. The Kier molecular flexibility index (Phi) is 7.01. The van der Waals surface area contributed by atoms with Crippen LogP contribution in [-0.2, 0) is 0 Å². The first-order chi connectivity index (χ1) is 23.5. The van der Waals surface area contributed by atoms with Gasteiger partial charge in [0, 0.05) is 0 Å². The fraction of sp³-hybridized carbons (Fsp3) is 0. The molecule has 8 nitrogen and oxygen atoms in total. The van der Waals surface area contributed by atoms with Crippen LogP contribution in [0.5, 0.6) is 0 Å². The normalized spacial score (nSPS) is 15.3. The summed E-state index contributed by atoms with van der Waals surface area (Å²) in [5.41, 5.74) is 3.83. The first kappa shape index (κ1) is 31.2. The number of aromatic nitrogens is 2. The van der Waals surface area contributed by atoms with Gasteiger partial charge < -0.3 is 0 Å². The molecule has 4 aromatic carbocycles. The fourth-order valence-corrected chi connectivity index (χ4v) is 12.5. The monoisotopic (exact) mass is 992 g/mol. The quantitative estimate of drug-likeness (QED) is 0.136. The van der Waals surface area contributed by atoms with Crippen molar-refractivity contribution in [3.63, 3.8) is 0 Å². The molecule has 0 atom stereocenters. The third-order valence-electron chi connectivity index (χ3n) is 8.49. The number of rotatable bonds is 0. The number of benzene rings is 4. The molecule has 0 saturated heterocycles. The van der Waals surface area contributed by atoms with Gasteiger partial charge in [0.15, 0.2) is 0 Å². The van der Waals surface area contributed by atoms with E-state index in [1.54, 1.807) is 48.5 Å². The average molecular weight is 995 g/mol. The number of aliphatic imine (C=N–C) groups is 4. The van der Waals surface area contributed by atoms with Crippen LogP contribution in [-0.4, -0.2) is 52.9 Å². The SMILES string of the molecule is Clc1cc2c(cc1Cl)C1=Nc3c4cc(Cl)c(Cl)cc4c4[n]3[Pb][n]3c(c5cc(Cl)c(Cl)cc5c3=NC3=NC(=N4)c4cc(Cl)c(Cl)cc43)=NC2=N1. The third kappa shape index (κ3) is 4.55. The molecule has 0 saturated carbocycles. The second-order valence-corrected chi connectivity index (χ2v) is 18.8. The van der Waals surface area contributed by atoms with E-state index in [0.29, 0.717) is 108 Å². The summed E-state index contributed by atoms with van der Waals surface area (Å²) in [6.07, 6.45) is 0. The summed E-state index contributed by atoms with van der Waals surface area (Å²) in [4.78, 5) is 30.6. The van der Waals surface area contributed by atoms with Crippen molar-refractivity contribution in [3.8, 4) is 0 Å². The van der Waals surface area contributed by atoms with Gasteiger partial charge in [-0.1, -0.05) is 0 Å². The van der Waals surface area contributed by atoms with Gasteiger partial charge in [0.25, 0.3) is 0 Å². The minimum absolute atomic E-state index is 0.356. The van der Waals surface area contributed by atoms with Crippen LogP contribution in [0.25, 0.3) is 21.5 Å². The molecular weight excluding hydrogens is 987 g/mol. The van der Waals surface area contributed by atoms with Gasteiger partial charge >= 0.3 is 331 Å². The summed E-state index contributed by atoms with van der Waals surface area (Å²) >= 11 is 50.3. The van der Waals surface area contributed by atoms with E-state index in [2.05, 4.69) is 4.75 Å². The maximum atomic E-state index is 6.66. The molecule has 2 aromatic heterocycles. The topological polar surface area (TPSA) is 84.0 Å². The predicted molar refractivity (Wildman–Crippen MR) is 201 cm³/mol. The van der Waals surface area contributed by atoms with E-state index in [0.717, 1.165) is 21.5 Å². The van der Waals surface area contributed by atoms with Crippen molar-refractivity contribution in [3.05, 3.63) is 122 Å². The van der Waals surface area contributed by atoms with Crippen molar-refractivity contribution in [2.24, 2.45) is 30.0 Å². The van der Waals surface area contributed by atoms with Crippen molar-refractivity contribution in [1.82, 2.24) is 4.75 Å². The second kappa shape index (κ2) is 11.0. The molecule has 49 heavy (non-hydrogen) atoms. The van der Waals surface area contributed by atoms with Gasteiger partial charge in [0.1, 0.15) is 0 Å². The minimum atomic E-state index is -2.44. The zero-order chi connectivity index (χ0) is 33.6. The van der Waals surface area contributed by atoms with Crippen LogP contribution >= 0.6 is 92.8 Å². The molecule has 6 heterocycles. The van der Waals surface area contributed by atoms with Gasteiger partial charge in [-0.25, -0.2) is 0 Å². The molecule has 17 heteroatoms. The van der Waals surface area contributed by atoms with E-state index in [1.807, 2.05) is 0 Å². The molecule has 0 aliphatic carbocycles. The van der Waals surface area contributed by atoms with Gasteiger partial charge in [-0.15, -0.1) is 0 Å². The van der Waals surface area contributed by atoms with E-state index >= 15 is 0 Å². The van der Waals surface area contributed by atoms with Gasteiger partial charge in [0.2, 0.25) is 0 Å². The van der Waals surface area contributed by atoms with Crippen LogP contribution in [0.2, 0.25) is 40.2 Å². The molecule has 4 aliphatic heterocycles. The summed E-state index contributed by atoms with van der Waals surface area (Å²) in [5.74, 6) is 2.76. The summed E-state index contributed by atoms with van der Waals surface area (Å²) < 4.78 is 4.23. The standard InChI is InChI=1S/C32H8Cl8N8.Pb/c33-17-1-9-10(2-18(17)34)26-41-25(9)45-27-11-3-19(35)20(36)4-12(11)29(42-27)47-31-15-7-23(39)24(40)8-16(15)32(44-31)48-30-14-6-22(38)21(37)5-13(14)28(43-30)46-26;/h1-8H;/q-2;+2. The van der Waals surface area contributed by atoms with E-state index in [1.165, 1.54) is 0 Å². The van der Waals surface area contributed by atoms with Crippen LogP contribution in [0.1, 0.15) is 22.3 Å². The molecule has 6 aromatic rings. The number of nitrogens with zero attached hydrogens (tertiary/aromatic N) is 8. The zero-order valence-corrected chi connectivity index (χ0v) is 33.7. The van der Waals surface area contributed by atoms with Crippen LogP contribution < -0.4 is 11.0 Å². The summed E-state index contributed by atoms with van der Waals surface area (Å²) in [6.45, 7) is 0. The molecule has 0 unspecified atom stereocenters. The van der Waals surface area contributed by atoms with Crippen molar-refractivity contribution in [1.29, 1.82) is 0 Å². The second-order valence-electron chi connectivity index (χ2n) is 11.3. The van der Waals surface area contributed by atoms with Crippen molar-refractivity contribution >= 4 is 174 Å². The van der Waals surface area contributed by atoms with Gasteiger partial charge in [-0.05, 0) is 0 Å². The first-order valence-corrected chi connectivity index (χ1v) is 20.7. The Balaban J connectivity index is 1.47. The van der Waals surface area contributed by atoms with Gasteiger partial charge in [-0.2, -0.15) is 0 Å². The number of hydrogen-bond acceptors (Lipinski definition) is 6. The number of halogens is 8. The Hall–Kier alpha value is -2.52. The van der Waals surface area contributed by atoms with E-state index in [9.17, 15) is 0 Å². The van der Waals surface area contributed by atoms with Crippen LogP contribution in [0.15, 0.2) is 78.5 Å². The summed E-state index contributed by atoms with van der Waals surface area (Å²) in [7, 11) is 0. The molecule has 236 valence electrons. The molecule has 10 rings (SSSR count). The number of hydrogen-bond donors (Lipinski definition) is 0. The molecule has 2 radical (unpaired) electrons. The third-order valence-corrected chi connectivity index (χ3v) is 16.2. The summed E-state index contributed by atoms with van der Waals surface area (Å²) in [5, 5.41) is 5.73. The predicted octanol–water partition coefficient (Wildman–Crippen LogP) is 9.70. The molecular formula is C32H8Cl8N8Pb. The molecule has 0 amide bonds. The van der Waals surface area contributed by atoms with Gasteiger partial charge in [0.05, 0.1) is 0 Å². The average Bonchev–Trinajstić information content (AvgIpc) is 3.72. The zero-order valence-electron chi connectivity index (χ0n) is 23.7. The Labute approximate surface area is 327 Å². The Morgan fingerprint density at radius 3 is 1.02 bits per heavy atom. The first-order valence-electron chi connectivity index (χ1n) is 14.2. The number of fused-ring (bicyclic) bond motifs is 14. The van der Waals surface area contributed by atoms with Crippen LogP contribution in [0, 0.1) is 0 Å². The Morgan fingerprint density at radius 1 is 0.347 bits per heavy atom. The maximum absolute atomic E-state index is 6.66. The molecule has 6 bridgehead atoms. The van der Waals surface area contributed by atoms with Crippen molar-refractivity contribution in [2.45, 2.75) is 0 Å². The van der Waals surface area contributed by atoms with Crippen LogP contribution in [0.4, 0.5) is 11.6 Å². The Bertz CT molecular complexity index is 2710. The molecule has 4 aliphatic rings. The van der Waals surface area contributed by atoms with E-state index in [-0.39, 0.29) is 0 Å². The van der Waals surface area contributed by atoms with E-state index < -0.39 is 24.8 Å². The van der Waals surface area contributed by atoms with Crippen molar-refractivity contribution < 1.29 is 0 Å². The molecule has 0 N–H and O–H groups in total. The van der Waals surface area contributed by atoms with E-state index in [4.69, 9.17) is 123 Å². The fourth-order valence-electron chi connectivity index (χ4n) is 6.26. The van der Waals surface area contributed by atoms with Crippen molar-refractivity contribution in [2.75, 3.05) is 0 Å². The molecule has 0 spiro atoms.